The zero-order valence-corrected chi connectivity index (χ0v) is 21.6. The van der Waals surface area contributed by atoms with Gasteiger partial charge in [0.15, 0.2) is 11.6 Å². The van der Waals surface area contributed by atoms with E-state index in [4.69, 9.17) is 11.6 Å². The predicted octanol–water partition coefficient (Wildman–Crippen LogP) is 5.93. The molecule has 4 atom stereocenters. The number of ketones is 2. The number of halogens is 1. The number of carbonyl (C=O) groups excluding carboxylic acids is 3. The van der Waals surface area contributed by atoms with Gasteiger partial charge < -0.3 is 10.2 Å². The van der Waals surface area contributed by atoms with Gasteiger partial charge in [-0.3, -0.25) is 14.4 Å². The Morgan fingerprint density at radius 3 is 2.41 bits per heavy atom. The molecule has 1 saturated heterocycles. The maximum absolute atomic E-state index is 14.5. The second-order valence-corrected chi connectivity index (χ2v) is 11.5. The third-order valence-corrected chi connectivity index (χ3v) is 8.18. The maximum atomic E-state index is 14.5. The number of carbonyl (C=O) groups is 3. The zero-order chi connectivity index (χ0) is 26.1. The van der Waals surface area contributed by atoms with Crippen LogP contribution in [-0.4, -0.2) is 29.6 Å². The number of hydrogen-bond donors (Lipinski definition) is 1. The molecule has 0 unspecified atom stereocenters. The average molecular weight is 511 g/mol. The molecular formula is C31H27ClN2O3. The molecule has 3 heterocycles. The highest BCUT2D eigenvalue weighted by Gasteiger charge is 2.70. The van der Waals surface area contributed by atoms with Crippen molar-refractivity contribution in [3.8, 4) is 0 Å². The number of amides is 1. The van der Waals surface area contributed by atoms with Crippen molar-refractivity contribution >= 4 is 46.5 Å². The number of fused-ring (bicyclic) bond motifs is 6. The third-order valence-electron chi connectivity index (χ3n) is 7.94. The largest absolute Gasteiger partial charge is 0.352 e. The highest BCUT2D eigenvalue weighted by atomic mass is 35.5. The lowest BCUT2D eigenvalue weighted by atomic mass is 9.63. The fraction of sp³-hybridized carbons (Fsp3) is 0.258. The molecule has 3 aromatic rings. The molecule has 5 nitrogen and oxygen atoms in total. The van der Waals surface area contributed by atoms with Crippen LogP contribution in [0.1, 0.15) is 42.3 Å². The van der Waals surface area contributed by atoms with E-state index < -0.39 is 28.8 Å². The van der Waals surface area contributed by atoms with Crippen molar-refractivity contribution in [3.05, 3.63) is 101 Å². The monoisotopic (exact) mass is 510 g/mol. The molecule has 0 aliphatic carbocycles. The van der Waals surface area contributed by atoms with E-state index >= 15 is 0 Å². The van der Waals surface area contributed by atoms with Crippen LogP contribution in [0.3, 0.4) is 0 Å². The molecule has 1 spiro atoms. The van der Waals surface area contributed by atoms with Crippen molar-refractivity contribution in [2.75, 3.05) is 10.2 Å². The van der Waals surface area contributed by atoms with E-state index in [0.29, 0.717) is 16.3 Å². The maximum Gasteiger partial charge on any atom is 0.238 e. The summed E-state index contributed by atoms with van der Waals surface area (Å²) in [7, 11) is 0. The summed E-state index contributed by atoms with van der Waals surface area (Å²) in [5.74, 6) is -1.50. The van der Waals surface area contributed by atoms with Gasteiger partial charge in [-0.25, -0.2) is 0 Å². The Morgan fingerprint density at radius 1 is 0.973 bits per heavy atom. The Bertz CT molecular complexity index is 1490. The fourth-order valence-corrected chi connectivity index (χ4v) is 6.56. The number of nitrogens with one attached hydrogen (secondary N) is 1. The molecule has 6 heteroatoms. The normalized spacial score (nSPS) is 25.5. The Morgan fingerprint density at radius 2 is 1.68 bits per heavy atom. The highest BCUT2D eigenvalue weighted by Crippen LogP contribution is 2.58. The van der Waals surface area contributed by atoms with Gasteiger partial charge >= 0.3 is 0 Å². The summed E-state index contributed by atoms with van der Waals surface area (Å²) in [5.41, 5.74) is 1.51. The van der Waals surface area contributed by atoms with Gasteiger partial charge in [-0.2, -0.15) is 0 Å². The first-order chi connectivity index (χ1) is 17.7. The van der Waals surface area contributed by atoms with E-state index in [9.17, 15) is 14.4 Å². The van der Waals surface area contributed by atoms with Gasteiger partial charge in [0, 0.05) is 27.4 Å². The smallest absolute Gasteiger partial charge is 0.238 e. The Balaban J connectivity index is 1.69. The van der Waals surface area contributed by atoms with Crippen LogP contribution >= 0.6 is 11.6 Å². The van der Waals surface area contributed by atoms with E-state index in [1.54, 1.807) is 18.2 Å². The van der Waals surface area contributed by atoms with Crippen LogP contribution in [-0.2, 0) is 15.0 Å². The molecule has 0 radical (unpaired) electrons. The Kier molecular flexibility index (Phi) is 5.22. The zero-order valence-electron chi connectivity index (χ0n) is 20.9. The second-order valence-electron chi connectivity index (χ2n) is 11.1. The SMILES string of the molecule is CC(C)(C)C(=O)[C@@H]1[C@H](C(=O)c2ccccc2)[C@]2(C(=O)Nc3ccccc32)[C@H]2C=Cc3cc(Cl)ccc3N12. The van der Waals surface area contributed by atoms with Crippen LogP contribution in [0.25, 0.3) is 6.08 Å². The molecule has 0 bridgehead atoms. The van der Waals surface area contributed by atoms with Gasteiger partial charge in [-0.1, -0.05) is 93.1 Å². The molecule has 3 aliphatic rings. The molecule has 37 heavy (non-hydrogen) atoms. The lowest BCUT2D eigenvalue weighted by Crippen LogP contribution is -2.51. The van der Waals surface area contributed by atoms with E-state index in [1.807, 2.05) is 92.4 Å². The summed E-state index contributed by atoms with van der Waals surface area (Å²) >= 11 is 6.32. The first kappa shape index (κ1) is 23.7. The van der Waals surface area contributed by atoms with Crippen molar-refractivity contribution in [2.45, 2.75) is 38.3 Å². The number of Topliss-reactive ketones (excluding diaryl/α,β-unsaturated/α-hetero) is 2. The number of benzene rings is 3. The van der Waals surface area contributed by atoms with E-state index in [1.165, 1.54) is 0 Å². The molecule has 3 aliphatic heterocycles. The van der Waals surface area contributed by atoms with Crippen molar-refractivity contribution in [1.82, 2.24) is 0 Å². The molecule has 1 N–H and O–H groups in total. The van der Waals surface area contributed by atoms with Crippen LogP contribution < -0.4 is 10.2 Å². The molecule has 3 aromatic carbocycles. The van der Waals surface area contributed by atoms with E-state index in [0.717, 1.165) is 16.8 Å². The standard InChI is InChI=1S/C31H27ClN2O3/c1-30(2,3)28(36)26-25(27(35)18-9-5-4-6-10-18)31(21-11-7-8-12-22(21)33-29(31)37)24-16-13-19-17-20(32)14-15-23(19)34(24)26/h4-17,24-26H,1-3H3,(H,33,37)/t24-,25-,26+,31-/m1/s1. The van der Waals surface area contributed by atoms with Crippen LogP contribution in [0.15, 0.2) is 78.9 Å². The number of hydrogen-bond acceptors (Lipinski definition) is 4. The lowest BCUT2D eigenvalue weighted by molar-refractivity contribution is -0.128. The molecule has 1 amide bonds. The molecule has 186 valence electrons. The van der Waals surface area contributed by atoms with Crippen LogP contribution in [0.2, 0.25) is 5.02 Å². The minimum atomic E-state index is -1.29. The van der Waals surface area contributed by atoms with E-state index in [-0.39, 0.29) is 17.5 Å². The van der Waals surface area contributed by atoms with Crippen LogP contribution in [0.5, 0.6) is 0 Å². The minimum absolute atomic E-state index is 0.0861. The van der Waals surface area contributed by atoms with Gasteiger partial charge in [0.05, 0.1) is 12.0 Å². The fourth-order valence-electron chi connectivity index (χ4n) is 6.38. The molecule has 0 aromatic heterocycles. The van der Waals surface area contributed by atoms with Gasteiger partial charge in [-0.15, -0.1) is 0 Å². The molecule has 0 saturated carbocycles. The molecule has 1 fully saturated rings. The van der Waals surface area contributed by atoms with Crippen LogP contribution in [0, 0.1) is 11.3 Å². The van der Waals surface area contributed by atoms with Crippen molar-refractivity contribution in [3.63, 3.8) is 0 Å². The topological polar surface area (TPSA) is 66.5 Å². The number of nitrogens with zero attached hydrogens (tertiary/aromatic N) is 1. The first-order valence-corrected chi connectivity index (χ1v) is 12.8. The van der Waals surface area contributed by atoms with Crippen molar-refractivity contribution in [1.29, 1.82) is 0 Å². The summed E-state index contributed by atoms with van der Waals surface area (Å²) in [6.07, 6.45) is 3.91. The highest BCUT2D eigenvalue weighted by molar-refractivity contribution is 6.31. The van der Waals surface area contributed by atoms with Crippen molar-refractivity contribution in [2.24, 2.45) is 11.3 Å². The molecule has 6 rings (SSSR count). The first-order valence-electron chi connectivity index (χ1n) is 12.5. The van der Waals surface area contributed by atoms with Crippen LogP contribution in [0.4, 0.5) is 11.4 Å². The predicted molar refractivity (Wildman–Crippen MR) is 146 cm³/mol. The van der Waals surface area contributed by atoms with Gasteiger partial charge in [-0.05, 0) is 35.4 Å². The molecular weight excluding hydrogens is 484 g/mol. The third kappa shape index (κ3) is 3.27. The summed E-state index contributed by atoms with van der Waals surface area (Å²) in [6, 6.07) is 20.6. The quantitative estimate of drug-likeness (QED) is 0.443. The van der Waals surface area contributed by atoms with Gasteiger partial charge in [0.25, 0.3) is 0 Å². The Hall–Kier alpha value is -3.70. The summed E-state index contributed by atoms with van der Waals surface area (Å²) < 4.78 is 0. The minimum Gasteiger partial charge on any atom is -0.352 e. The van der Waals surface area contributed by atoms with Gasteiger partial charge in [0.2, 0.25) is 5.91 Å². The number of rotatable bonds is 3. The lowest BCUT2D eigenvalue weighted by Gasteiger charge is -2.38. The average Bonchev–Trinajstić information content (AvgIpc) is 3.35. The number of para-hydroxylation sites is 1. The Labute approximate surface area is 221 Å². The summed E-state index contributed by atoms with van der Waals surface area (Å²) in [4.78, 5) is 45.0. The van der Waals surface area contributed by atoms with E-state index in [2.05, 4.69) is 5.32 Å². The van der Waals surface area contributed by atoms with Crippen molar-refractivity contribution < 1.29 is 14.4 Å². The van der Waals surface area contributed by atoms with Gasteiger partial charge in [0.1, 0.15) is 11.5 Å². The number of anilines is 2. The second kappa shape index (κ2) is 8.15. The summed E-state index contributed by atoms with van der Waals surface area (Å²) in [5, 5.41) is 3.63. The summed E-state index contributed by atoms with van der Waals surface area (Å²) in [6.45, 7) is 5.60.